The lowest BCUT2D eigenvalue weighted by molar-refractivity contribution is 0.632. The minimum absolute atomic E-state index is 0.303. The zero-order valence-corrected chi connectivity index (χ0v) is 11.8. The van der Waals surface area contributed by atoms with Crippen LogP contribution in [-0.4, -0.2) is 4.98 Å². The minimum Gasteiger partial charge on any atom is -0.329 e. The van der Waals surface area contributed by atoms with Crippen molar-refractivity contribution in [3.05, 3.63) is 52.3 Å². The predicted molar refractivity (Wildman–Crippen MR) is 79.3 cm³/mol. The second-order valence-electron chi connectivity index (χ2n) is 3.88. The van der Waals surface area contributed by atoms with Crippen LogP contribution in [0.5, 0.6) is 0 Å². The molecule has 0 aliphatic carbocycles. The van der Waals surface area contributed by atoms with Gasteiger partial charge in [-0.25, -0.2) is 9.37 Å². The lowest BCUT2D eigenvalue weighted by Crippen LogP contribution is -1.92. The van der Waals surface area contributed by atoms with Crippen LogP contribution in [-0.2, 0) is 0 Å². The molecule has 0 aliphatic rings. The number of hydrogen-bond donors (Lipinski definition) is 1. The van der Waals surface area contributed by atoms with Gasteiger partial charge in [0.25, 0.3) is 0 Å². The summed E-state index contributed by atoms with van der Waals surface area (Å²) in [5.41, 5.74) is 1.12. The maximum Gasteiger partial charge on any atom is 0.188 e. The van der Waals surface area contributed by atoms with Gasteiger partial charge in [0.05, 0.1) is 15.9 Å². The number of halogens is 3. The lowest BCUT2D eigenvalue weighted by Gasteiger charge is -2.03. The van der Waals surface area contributed by atoms with Gasteiger partial charge in [0.15, 0.2) is 5.13 Å². The number of fused-ring (bicyclic) bond motifs is 1. The van der Waals surface area contributed by atoms with E-state index in [9.17, 15) is 4.39 Å². The van der Waals surface area contributed by atoms with Gasteiger partial charge in [0, 0.05) is 10.0 Å². The van der Waals surface area contributed by atoms with E-state index in [1.807, 2.05) is 12.1 Å². The summed E-state index contributed by atoms with van der Waals surface area (Å²) in [5, 5.41) is 4.64. The summed E-state index contributed by atoms with van der Waals surface area (Å²) in [4.78, 5) is 4.36. The SMILES string of the molecule is Fc1ccc(Cl)cc1Nc1nc2ccc(Cl)cc2s1. The minimum atomic E-state index is -0.373. The first-order valence-electron chi connectivity index (χ1n) is 5.40. The molecule has 0 saturated heterocycles. The molecule has 0 fully saturated rings. The molecule has 0 atom stereocenters. The van der Waals surface area contributed by atoms with E-state index >= 15 is 0 Å². The number of hydrogen-bond acceptors (Lipinski definition) is 3. The highest BCUT2D eigenvalue weighted by Gasteiger charge is 2.08. The van der Waals surface area contributed by atoms with E-state index in [0.717, 1.165) is 10.2 Å². The molecule has 0 amide bonds. The highest BCUT2D eigenvalue weighted by molar-refractivity contribution is 7.22. The summed E-state index contributed by atoms with van der Waals surface area (Å²) >= 11 is 13.2. The second-order valence-corrected chi connectivity index (χ2v) is 5.78. The number of rotatable bonds is 2. The molecule has 19 heavy (non-hydrogen) atoms. The Kier molecular flexibility index (Phi) is 3.31. The molecule has 0 aliphatic heterocycles. The zero-order chi connectivity index (χ0) is 13.4. The zero-order valence-electron chi connectivity index (χ0n) is 9.45. The van der Waals surface area contributed by atoms with Crippen molar-refractivity contribution in [2.45, 2.75) is 0 Å². The van der Waals surface area contributed by atoms with E-state index in [2.05, 4.69) is 10.3 Å². The first-order valence-corrected chi connectivity index (χ1v) is 6.97. The van der Waals surface area contributed by atoms with Crippen molar-refractivity contribution in [1.29, 1.82) is 0 Å². The fraction of sp³-hybridized carbons (Fsp3) is 0. The van der Waals surface area contributed by atoms with Crippen molar-refractivity contribution < 1.29 is 4.39 Å². The van der Waals surface area contributed by atoms with Crippen molar-refractivity contribution >= 4 is 55.6 Å². The quantitative estimate of drug-likeness (QED) is 0.677. The van der Waals surface area contributed by atoms with E-state index in [1.54, 1.807) is 6.07 Å². The molecule has 3 aromatic rings. The first-order chi connectivity index (χ1) is 9.11. The number of anilines is 2. The molecule has 1 N–H and O–H groups in total. The maximum atomic E-state index is 13.6. The molecule has 1 aromatic heterocycles. The summed E-state index contributed by atoms with van der Waals surface area (Å²) in [6, 6.07) is 9.76. The Morgan fingerprint density at radius 1 is 1.05 bits per heavy atom. The standard InChI is InChI=1S/C13H7Cl2FN2S/c14-7-1-3-9(16)11(5-7)18-13-17-10-4-2-8(15)6-12(10)19-13/h1-6H,(H,17,18). The third kappa shape index (κ3) is 2.66. The Labute approximate surface area is 122 Å². The summed E-state index contributed by atoms with van der Waals surface area (Å²) < 4.78 is 14.6. The summed E-state index contributed by atoms with van der Waals surface area (Å²) in [5.74, 6) is -0.373. The Morgan fingerprint density at radius 3 is 2.63 bits per heavy atom. The van der Waals surface area contributed by atoms with Gasteiger partial charge in [-0.3, -0.25) is 0 Å². The van der Waals surface area contributed by atoms with E-state index in [-0.39, 0.29) is 5.82 Å². The normalized spacial score (nSPS) is 10.9. The molecular formula is C13H7Cl2FN2S. The van der Waals surface area contributed by atoms with Gasteiger partial charge in [0.2, 0.25) is 0 Å². The van der Waals surface area contributed by atoms with E-state index in [4.69, 9.17) is 23.2 Å². The van der Waals surface area contributed by atoms with Gasteiger partial charge >= 0.3 is 0 Å². The van der Waals surface area contributed by atoms with Crippen LogP contribution >= 0.6 is 34.5 Å². The second kappa shape index (κ2) is 4.96. The van der Waals surface area contributed by atoms with E-state index in [1.165, 1.54) is 29.5 Å². The largest absolute Gasteiger partial charge is 0.329 e. The lowest BCUT2D eigenvalue weighted by atomic mass is 10.3. The molecule has 0 saturated carbocycles. The molecule has 2 aromatic carbocycles. The molecule has 3 rings (SSSR count). The first kappa shape index (κ1) is 12.7. The van der Waals surface area contributed by atoms with Gasteiger partial charge in [-0.15, -0.1) is 0 Å². The number of benzene rings is 2. The summed E-state index contributed by atoms with van der Waals surface area (Å²) in [7, 11) is 0. The van der Waals surface area contributed by atoms with Crippen molar-refractivity contribution in [1.82, 2.24) is 4.98 Å². The van der Waals surface area contributed by atoms with E-state index in [0.29, 0.717) is 20.9 Å². The fourth-order valence-electron chi connectivity index (χ4n) is 1.66. The topological polar surface area (TPSA) is 24.9 Å². The third-order valence-electron chi connectivity index (χ3n) is 2.52. The van der Waals surface area contributed by atoms with Crippen LogP contribution in [0.1, 0.15) is 0 Å². The number of aromatic nitrogens is 1. The van der Waals surface area contributed by atoms with Crippen LogP contribution in [0.3, 0.4) is 0 Å². The van der Waals surface area contributed by atoms with Crippen molar-refractivity contribution in [2.75, 3.05) is 5.32 Å². The summed E-state index contributed by atoms with van der Waals surface area (Å²) in [6.45, 7) is 0. The van der Waals surface area contributed by atoms with Crippen molar-refractivity contribution in [3.8, 4) is 0 Å². The maximum absolute atomic E-state index is 13.6. The molecule has 96 valence electrons. The summed E-state index contributed by atoms with van der Waals surface area (Å²) in [6.07, 6.45) is 0. The predicted octanol–water partition coefficient (Wildman–Crippen LogP) is 5.49. The van der Waals surface area contributed by atoms with Gasteiger partial charge < -0.3 is 5.32 Å². The van der Waals surface area contributed by atoms with Crippen molar-refractivity contribution in [3.63, 3.8) is 0 Å². The van der Waals surface area contributed by atoms with Crippen LogP contribution in [0, 0.1) is 5.82 Å². The van der Waals surface area contributed by atoms with Crippen LogP contribution in [0.25, 0.3) is 10.2 Å². The number of thiazole rings is 1. The molecule has 0 spiro atoms. The Bertz CT molecular complexity index is 757. The van der Waals surface area contributed by atoms with Crippen molar-refractivity contribution in [2.24, 2.45) is 0 Å². The molecule has 0 bridgehead atoms. The Balaban J connectivity index is 1.98. The highest BCUT2D eigenvalue weighted by Crippen LogP contribution is 2.31. The Hall–Kier alpha value is -1.36. The molecule has 2 nitrogen and oxygen atoms in total. The fourth-order valence-corrected chi connectivity index (χ4v) is 2.99. The smallest absolute Gasteiger partial charge is 0.188 e. The number of nitrogens with zero attached hydrogens (tertiary/aromatic N) is 1. The molecule has 1 heterocycles. The van der Waals surface area contributed by atoms with Crippen LogP contribution in [0.4, 0.5) is 15.2 Å². The molecular weight excluding hydrogens is 306 g/mol. The van der Waals surface area contributed by atoms with E-state index < -0.39 is 0 Å². The van der Waals surface area contributed by atoms with Crippen LogP contribution in [0.2, 0.25) is 10.0 Å². The van der Waals surface area contributed by atoms with Gasteiger partial charge in [-0.2, -0.15) is 0 Å². The van der Waals surface area contributed by atoms with Crippen LogP contribution < -0.4 is 5.32 Å². The third-order valence-corrected chi connectivity index (χ3v) is 3.92. The van der Waals surface area contributed by atoms with Gasteiger partial charge in [0.1, 0.15) is 5.82 Å². The van der Waals surface area contributed by atoms with Gasteiger partial charge in [-0.1, -0.05) is 34.5 Å². The highest BCUT2D eigenvalue weighted by atomic mass is 35.5. The monoisotopic (exact) mass is 312 g/mol. The van der Waals surface area contributed by atoms with Gasteiger partial charge in [-0.05, 0) is 36.4 Å². The van der Waals surface area contributed by atoms with Crippen LogP contribution in [0.15, 0.2) is 36.4 Å². The molecule has 6 heteroatoms. The average Bonchev–Trinajstić information content (AvgIpc) is 2.75. The number of nitrogens with one attached hydrogen (secondary N) is 1. The Morgan fingerprint density at radius 2 is 1.79 bits per heavy atom. The molecule has 0 unspecified atom stereocenters. The average molecular weight is 313 g/mol. The molecule has 0 radical (unpaired) electrons.